The van der Waals surface area contributed by atoms with Gasteiger partial charge in [-0.05, 0) is 43.5 Å². The van der Waals surface area contributed by atoms with Crippen LogP contribution in [0.4, 0.5) is 15.8 Å². The van der Waals surface area contributed by atoms with Gasteiger partial charge in [-0.1, -0.05) is 23.2 Å². The number of nitrogens with two attached hydrogens (primary N) is 1. The molecule has 0 spiro atoms. The summed E-state index contributed by atoms with van der Waals surface area (Å²) in [4.78, 5) is 8.29. The van der Waals surface area contributed by atoms with Crippen LogP contribution in [-0.2, 0) is 13.0 Å². The molecule has 4 rings (SSSR count). The fourth-order valence-electron chi connectivity index (χ4n) is 3.37. The minimum atomic E-state index is -0.439. The summed E-state index contributed by atoms with van der Waals surface area (Å²) in [5, 5.41) is 4.31. The van der Waals surface area contributed by atoms with Crippen LogP contribution in [0.15, 0.2) is 36.7 Å². The van der Waals surface area contributed by atoms with Crippen LogP contribution in [-0.4, -0.2) is 9.97 Å². The van der Waals surface area contributed by atoms with E-state index in [1.807, 2.05) is 19.1 Å². The van der Waals surface area contributed by atoms with Gasteiger partial charge < -0.3 is 15.8 Å². The van der Waals surface area contributed by atoms with Crippen molar-refractivity contribution >= 4 is 34.6 Å². The predicted molar refractivity (Wildman–Crippen MR) is 113 cm³/mol. The van der Waals surface area contributed by atoms with Crippen molar-refractivity contribution in [1.82, 2.24) is 9.97 Å². The van der Waals surface area contributed by atoms with Crippen LogP contribution >= 0.6 is 23.2 Å². The van der Waals surface area contributed by atoms with E-state index in [1.54, 1.807) is 18.5 Å². The number of anilines is 2. The van der Waals surface area contributed by atoms with Crippen molar-refractivity contribution in [3.05, 3.63) is 75.0 Å². The zero-order chi connectivity index (χ0) is 20.5. The molecule has 150 valence electrons. The Kier molecular flexibility index (Phi) is 5.48. The summed E-state index contributed by atoms with van der Waals surface area (Å²) in [6.45, 7) is 2.20. The molecule has 3 heterocycles. The van der Waals surface area contributed by atoms with Crippen LogP contribution in [0.2, 0.25) is 10.0 Å². The summed E-state index contributed by atoms with van der Waals surface area (Å²) in [7, 11) is 0. The van der Waals surface area contributed by atoms with Gasteiger partial charge in [0.2, 0.25) is 0 Å². The van der Waals surface area contributed by atoms with E-state index in [-0.39, 0.29) is 5.82 Å². The summed E-state index contributed by atoms with van der Waals surface area (Å²) in [6, 6.07) is 6.64. The molecule has 1 aromatic carbocycles. The van der Waals surface area contributed by atoms with Crippen LogP contribution in [0.5, 0.6) is 5.75 Å². The van der Waals surface area contributed by atoms with Crippen molar-refractivity contribution in [2.45, 2.75) is 32.4 Å². The van der Waals surface area contributed by atoms with Crippen molar-refractivity contribution in [3.63, 3.8) is 0 Å². The lowest BCUT2D eigenvalue weighted by Crippen LogP contribution is -2.18. The van der Waals surface area contributed by atoms with Gasteiger partial charge in [0, 0.05) is 30.6 Å². The Morgan fingerprint density at radius 2 is 2.10 bits per heavy atom. The molecule has 0 fully saturated rings. The molecule has 3 N–H and O–H groups in total. The van der Waals surface area contributed by atoms with Crippen LogP contribution in [0.1, 0.15) is 35.0 Å². The third-order valence-corrected chi connectivity index (χ3v) is 5.66. The molecule has 3 aromatic rings. The maximum absolute atomic E-state index is 14.1. The number of hydrogen-bond acceptors (Lipinski definition) is 5. The number of hydrogen-bond donors (Lipinski definition) is 2. The quantitative estimate of drug-likeness (QED) is 0.569. The van der Waals surface area contributed by atoms with Gasteiger partial charge in [-0.3, -0.25) is 9.97 Å². The zero-order valence-corrected chi connectivity index (χ0v) is 17.2. The molecule has 5 nitrogen and oxygen atoms in total. The van der Waals surface area contributed by atoms with Gasteiger partial charge >= 0.3 is 0 Å². The standard InChI is InChI=1S/C21H19Cl2FN4O/c1-11-20(25)13(15(23)10-27-11)9-28-17-8-19-12(7-14(17)22)4-5-18(29-19)21-16(24)3-2-6-26-21/h2-3,6-8,10,18,28H,4-5,9,25H2,1H3. The molecule has 0 saturated carbocycles. The molecule has 0 saturated heterocycles. The smallest absolute Gasteiger partial charge is 0.148 e. The van der Waals surface area contributed by atoms with Crippen molar-refractivity contribution in [2.24, 2.45) is 0 Å². The van der Waals surface area contributed by atoms with Crippen LogP contribution in [0.25, 0.3) is 0 Å². The monoisotopic (exact) mass is 432 g/mol. The Bertz CT molecular complexity index is 1080. The second-order valence-corrected chi connectivity index (χ2v) is 7.71. The lowest BCUT2D eigenvalue weighted by molar-refractivity contribution is 0.167. The molecule has 1 atom stereocenters. The molecule has 8 heteroatoms. The summed E-state index contributed by atoms with van der Waals surface area (Å²) in [5.74, 6) is 0.287. The number of nitrogens with zero attached hydrogens (tertiary/aromatic N) is 2. The number of fused-ring (bicyclic) bond motifs is 1. The molecular weight excluding hydrogens is 414 g/mol. The number of rotatable bonds is 4. The van der Waals surface area contributed by atoms with Gasteiger partial charge in [0.1, 0.15) is 23.4 Å². The minimum Gasteiger partial charge on any atom is -0.484 e. The summed E-state index contributed by atoms with van der Waals surface area (Å²) < 4.78 is 20.2. The highest BCUT2D eigenvalue weighted by molar-refractivity contribution is 6.33. The van der Waals surface area contributed by atoms with E-state index in [2.05, 4.69) is 15.3 Å². The van der Waals surface area contributed by atoms with E-state index in [1.165, 1.54) is 6.07 Å². The highest BCUT2D eigenvalue weighted by atomic mass is 35.5. The van der Waals surface area contributed by atoms with E-state index in [9.17, 15) is 4.39 Å². The van der Waals surface area contributed by atoms with Crippen molar-refractivity contribution in [1.29, 1.82) is 0 Å². The largest absolute Gasteiger partial charge is 0.484 e. The number of aromatic nitrogens is 2. The molecule has 1 aliphatic rings. The van der Waals surface area contributed by atoms with Crippen molar-refractivity contribution in [2.75, 3.05) is 11.1 Å². The summed E-state index contributed by atoms with van der Waals surface area (Å²) in [5.41, 5.74) is 10.1. The Morgan fingerprint density at radius 3 is 2.90 bits per heavy atom. The number of pyridine rings is 2. The maximum atomic E-state index is 14.1. The second-order valence-electron chi connectivity index (χ2n) is 6.89. The molecule has 2 aromatic heterocycles. The number of nitrogens with one attached hydrogen (secondary N) is 1. The number of ether oxygens (including phenoxy) is 1. The molecule has 0 radical (unpaired) electrons. The molecule has 1 unspecified atom stereocenters. The van der Waals surface area contributed by atoms with Crippen LogP contribution in [0, 0.1) is 12.7 Å². The van der Waals surface area contributed by atoms with E-state index in [0.717, 1.165) is 17.5 Å². The van der Waals surface area contributed by atoms with Gasteiger partial charge in [0.15, 0.2) is 0 Å². The lowest BCUT2D eigenvalue weighted by Gasteiger charge is -2.27. The Hall–Kier alpha value is -2.57. The lowest BCUT2D eigenvalue weighted by atomic mass is 9.99. The average Bonchev–Trinajstić information content (AvgIpc) is 2.71. The van der Waals surface area contributed by atoms with Crippen LogP contribution < -0.4 is 15.8 Å². The first kappa shape index (κ1) is 19.7. The zero-order valence-electron chi connectivity index (χ0n) is 15.7. The van der Waals surface area contributed by atoms with E-state index < -0.39 is 6.10 Å². The third-order valence-electron chi connectivity index (χ3n) is 5.02. The average molecular weight is 433 g/mol. The molecule has 0 aliphatic carbocycles. The van der Waals surface area contributed by atoms with Crippen LogP contribution in [0.3, 0.4) is 0 Å². The first-order valence-electron chi connectivity index (χ1n) is 9.17. The SMILES string of the molecule is Cc1ncc(Cl)c(CNc2cc3c(cc2Cl)CCC(c2ncccc2F)O3)c1N. The van der Waals surface area contributed by atoms with Crippen molar-refractivity contribution in [3.8, 4) is 5.75 Å². The number of nitrogen functional groups attached to an aromatic ring is 1. The molecule has 0 bridgehead atoms. The number of benzene rings is 1. The van der Waals surface area contributed by atoms with Gasteiger partial charge in [-0.2, -0.15) is 0 Å². The molecule has 1 aliphatic heterocycles. The fraction of sp³-hybridized carbons (Fsp3) is 0.238. The van der Waals surface area contributed by atoms with E-state index in [4.69, 9.17) is 33.7 Å². The normalized spacial score (nSPS) is 15.5. The van der Waals surface area contributed by atoms with Crippen molar-refractivity contribution < 1.29 is 9.13 Å². The van der Waals surface area contributed by atoms with E-state index >= 15 is 0 Å². The number of halogens is 3. The maximum Gasteiger partial charge on any atom is 0.148 e. The highest BCUT2D eigenvalue weighted by Gasteiger charge is 2.26. The van der Waals surface area contributed by atoms with Gasteiger partial charge in [0.25, 0.3) is 0 Å². The summed E-state index contributed by atoms with van der Waals surface area (Å²) in [6.07, 6.45) is 4.06. The molecule has 29 heavy (non-hydrogen) atoms. The fourth-order valence-corrected chi connectivity index (χ4v) is 3.84. The summed E-state index contributed by atoms with van der Waals surface area (Å²) >= 11 is 12.7. The highest BCUT2D eigenvalue weighted by Crippen LogP contribution is 2.40. The van der Waals surface area contributed by atoms with Gasteiger partial charge in [0.05, 0.1) is 27.1 Å². The Morgan fingerprint density at radius 1 is 1.28 bits per heavy atom. The first-order chi connectivity index (χ1) is 13.9. The predicted octanol–water partition coefficient (Wildman–Crippen LogP) is 5.49. The molecular formula is C21H19Cl2FN4O. The first-order valence-corrected chi connectivity index (χ1v) is 9.92. The van der Waals surface area contributed by atoms with E-state index in [0.29, 0.717) is 51.5 Å². The third kappa shape index (κ3) is 3.95. The Balaban J connectivity index is 1.58. The Labute approximate surface area is 178 Å². The second kappa shape index (κ2) is 8.05. The number of aryl methyl sites for hydroxylation is 2. The van der Waals surface area contributed by atoms with Gasteiger partial charge in [-0.25, -0.2) is 4.39 Å². The topological polar surface area (TPSA) is 73.1 Å². The molecule has 0 amide bonds. The van der Waals surface area contributed by atoms with Gasteiger partial charge in [-0.15, -0.1) is 0 Å². The minimum absolute atomic E-state index is 0.314.